The molecule has 35 heavy (non-hydrogen) atoms. The van der Waals surface area contributed by atoms with Crippen LogP contribution < -0.4 is 15.4 Å². The van der Waals surface area contributed by atoms with Crippen LogP contribution in [-0.4, -0.2) is 34.2 Å². The summed E-state index contributed by atoms with van der Waals surface area (Å²) >= 11 is 0. The molecule has 4 rings (SSSR count). The minimum Gasteiger partial charge on any atom is -0.484 e. The Morgan fingerprint density at radius 3 is 2.23 bits per heavy atom. The lowest BCUT2D eigenvalue weighted by Gasteiger charge is -2.14. The number of carbonyl (C=O) groups is 2. The number of hydrogen-bond donors (Lipinski definition) is 2. The van der Waals surface area contributed by atoms with Gasteiger partial charge in [0, 0.05) is 23.9 Å². The van der Waals surface area contributed by atoms with Crippen LogP contribution in [0.5, 0.6) is 5.75 Å². The van der Waals surface area contributed by atoms with Gasteiger partial charge < -0.3 is 15.4 Å². The standard InChI is InChI=1S/C28H28N4O3/c1-21(30-26(33)20-35-25-15-9-4-10-16-25)28(34)29-17-24-19-32(18-22-11-5-2-6-12-22)31-27(24)23-13-7-3-8-14-23/h2-16,19,21H,17-18,20H2,1H3,(H,29,34)(H,30,33). The number of rotatable bonds is 10. The molecule has 0 spiro atoms. The fourth-order valence-electron chi connectivity index (χ4n) is 3.63. The maximum Gasteiger partial charge on any atom is 0.258 e. The molecule has 0 aliphatic heterocycles. The van der Waals surface area contributed by atoms with Crippen molar-refractivity contribution in [1.29, 1.82) is 0 Å². The highest BCUT2D eigenvalue weighted by Gasteiger charge is 2.18. The van der Waals surface area contributed by atoms with Gasteiger partial charge in [-0.3, -0.25) is 14.3 Å². The van der Waals surface area contributed by atoms with Crippen LogP contribution in [0.15, 0.2) is 97.2 Å². The third-order valence-corrected chi connectivity index (χ3v) is 5.41. The smallest absolute Gasteiger partial charge is 0.258 e. The van der Waals surface area contributed by atoms with E-state index in [1.54, 1.807) is 19.1 Å². The lowest BCUT2D eigenvalue weighted by Crippen LogP contribution is -2.46. The van der Waals surface area contributed by atoms with Crippen molar-refractivity contribution in [3.8, 4) is 17.0 Å². The molecule has 3 aromatic carbocycles. The Kier molecular flexibility index (Phi) is 7.91. The van der Waals surface area contributed by atoms with Gasteiger partial charge in [0.1, 0.15) is 11.8 Å². The van der Waals surface area contributed by atoms with Crippen molar-refractivity contribution < 1.29 is 14.3 Å². The first-order valence-electron chi connectivity index (χ1n) is 11.5. The van der Waals surface area contributed by atoms with Crippen molar-refractivity contribution >= 4 is 11.8 Å². The molecular formula is C28H28N4O3. The molecule has 1 unspecified atom stereocenters. The summed E-state index contributed by atoms with van der Waals surface area (Å²) in [5.74, 6) is -0.0502. The van der Waals surface area contributed by atoms with Gasteiger partial charge in [0.2, 0.25) is 5.91 Å². The molecule has 0 saturated heterocycles. The van der Waals surface area contributed by atoms with Crippen molar-refractivity contribution in [3.05, 3.63) is 108 Å². The first-order valence-corrected chi connectivity index (χ1v) is 11.5. The number of nitrogens with zero attached hydrogens (tertiary/aromatic N) is 2. The summed E-state index contributed by atoms with van der Waals surface area (Å²) in [6, 6.07) is 28.3. The van der Waals surface area contributed by atoms with Crippen LogP contribution in [0, 0.1) is 0 Å². The largest absolute Gasteiger partial charge is 0.484 e. The van der Waals surface area contributed by atoms with E-state index in [0.717, 1.165) is 22.4 Å². The van der Waals surface area contributed by atoms with Gasteiger partial charge in [-0.15, -0.1) is 0 Å². The van der Waals surface area contributed by atoms with Crippen molar-refractivity contribution in [1.82, 2.24) is 20.4 Å². The SMILES string of the molecule is CC(NC(=O)COc1ccccc1)C(=O)NCc1cn(Cc2ccccc2)nc1-c1ccccc1. The molecule has 1 aromatic heterocycles. The first kappa shape index (κ1) is 23.8. The van der Waals surface area contributed by atoms with E-state index >= 15 is 0 Å². The van der Waals surface area contributed by atoms with Gasteiger partial charge in [0.25, 0.3) is 5.91 Å². The summed E-state index contributed by atoms with van der Waals surface area (Å²) in [6.07, 6.45) is 1.95. The van der Waals surface area contributed by atoms with Gasteiger partial charge in [0.05, 0.1) is 12.2 Å². The zero-order valence-electron chi connectivity index (χ0n) is 19.6. The number of para-hydroxylation sites is 1. The number of hydrogen-bond acceptors (Lipinski definition) is 4. The molecule has 1 heterocycles. The summed E-state index contributed by atoms with van der Waals surface area (Å²) < 4.78 is 7.32. The molecular weight excluding hydrogens is 440 g/mol. The second-order valence-electron chi connectivity index (χ2n) is 8.16. The highest BCUT2D eigenvalue weighted by Crippen LogP contribution is 2.22. The molecule has 4 aromatic rings. The summed E-state index contributed by atoms with van der Waals surface area (Å²) in [5, 5.41) is 10.4. The van der Waals surface area contributed by atoms with Crippen molar-refractivity contribution in [2.45, 2.75) is 26.1 Å². The zero-order valence-corrected chi connectivity index (χ0v) is 19.6. The fraction of sp³-hybridized carbons (Fsp3) is 0.179. The monoisotopic (exact) mass is 468 g/mol. The Morgan fingerprint density at radius 1 is 0.914 bits per heavy atom. The van der Waals surface area contributed by atoms with Crippen molar-refractivity contribution in [3.63, 3.8) is 0 Å². The molecule has 2 N–H and O–H groups in total. The maximum absolute atomic E-state index is 12.7. The lowest BCUT2D eigenvalue weighted by atomic mass is 10.1. The normalized spacial score (nSPS) is 11.5. The second kappa shape index (κ2) is 11.7. The molecule has 0 aliphatic carbocycles. The molecule has 7 nitrogen and oxygen atoms in total. The van der Waals surface area contributed by atoms with E-state index in [0.29, 0.717) is 18.8 Å². The Hall–Kier alpha value is -4.39. The van der Waals surface area contributed by atoms with E-state index in [1.165, 1.54) is 0 Å². The van der Waals surface area contributed by atoms with Crippen LogP contribution in [0.3, 0.4) is 0 Å². The first-order chi connectivity index (χ1) is 17.1. The molecule has 2 amide bonds. The van der Waals surface area contributed by atoms with Crippen LogP contribution in [0.1, 0.15) is 18.1 Å². The number of ether oxygens (including phenoxy) is 1. The zero-order chi connectivity index (χ0) is 24.5. The highest BCUT2D eigenvalue weighted by molar-refractivity contribution is 5.87. The molecule has 0 aliphatic rings. The van der Waals surface area contributed by atoms with E-state index in [1.807, 2.05) is 77.6 Å². The van der Waals surface area contributed by atoms with Gasteiger partial charge in [-0.05, 0) is 24.6 Å². The van der Waals surface area contributed by atoms with Gasteiger partial charge in [-0.2, -0.15) is 5.10 Å². The molecule has 0 radical (unpaired) electrons. The van der Waals surface area contributed by atoms with E-state index < -0.39 is 6.04 Å². The molecule has 178 valence electrons. The van der Waals surface area contributed by atoms with Gasteiger partial charge in [-0.1, -0.05) is 78.9 Å². The number of nitrogens with one attached hydrogen (secondary N) is 2. The van der Waals surface area contributed by atoms with E-state index in [4.69, 9.17) is 9.84 Å². The van der Waals surface area contributed by atoms with E-state index in [2.05, 4.69) is 22.8 Å². The predicted molar refractivity (Wildman–Crippen MR) is 135 cm³/mol. The minimum absolute atomic E-state index is 0.161. The predicted octanol–water partition coefficient (Wildman–Crippen LogP) is 3.80. The molecule has 0 bridgehead atoms. The molecule has 1 atom stereocenters. The Bertz CT molecular complexity index is 1240. The van der Waals surface area contributed by atoms with Gasteiger partial charge in [-0.25, -0.2) is 0 Å². The number of carbonyl (C=O) groups excluding carboxylic acids is 2. The Labute approximate surface area is 204 Å². The topological polar surface area (TPSA) is 85.2 Å². The Morgan fingerprint density at radius 2 is 1.54 bits per heavy atom. The van der Waals surface area contributed by atoms with Gasteiger partial charge >= 0.3 is 0 Å². The van der Waals surface area contributed by atoms with Gasteiger partial charge in [0.15, 0.2) is 6.61 Å². The summed E-state index contributed by atoms with van der Waals surface area (Å²) in [6.45, 7) is 2.40. The van der Waals surface area contributed by atoms with Crippen LogP contribution in [0.4, 0.5) is 0 Å². The van der Waals surface area contributed by atoms with Crippen LogP contribution in [-0.2, 0) is 22.7 Å². The van der Waals surface area contributed by atoms with Crippen molar-refractivity contribution in [2.24, 2.45) is 0 Å². The molecule has 0 fully saturated rings. The maximum atomic E-state index is 12.7. The third kappa shape index (κ3) is 6.80. The van der Waals surface area contributed by atoms with Crippen molar-refractivity contribution in [2.75, 3.05) is 6.61 Å². The fourth-order valence-corrected chi connectivity index (χ4v) is 3.63. The Balaban J connectivity index is 1.37. The number of benzene rings is 3. The minimum atomic E-state index is -0.707. The third-order valence-electron chi connectivity index (χ3n) is 5.41. The molecule has 7 heteroatoms. The van der Waals surface area contributed by atoms with Crippen LogP contribution in [0.2, 0.25) is 0 Å². The average Bonchev–Trinajstić information content (AvgIpc) is 3.30. The average molecular weight is 469 g/mol. The van der Waals surface area contributed by atoms with E-state index in [9.17, 15) is 9.59 Å². The lowest BCUT2D eigenvalue weighted by molar-refractivity contribution is -0.129. The van der Waals surface area contributed by atoms with Crippen LogP contribution >= 0.6 is 0 Å². The number of aromatic nitrogens is 2. The summed E-state index contributed by atoms with van der Waals surface area (Å²) in [5.41, 5.74) is 3.82. The van der Waals surface area contributed by atoms with E-state index in [-0.39, 0.29) is 18.4 Å². The highest BCUT2D eigenvalue weighted by atomic mass is 16.5. The van der Waals surface area contributed by atoms with Crippen LogP contribution in [0.25, 0.3) is 11.3 Å². The summed E-state index contributed by atoms with van der Waals surface area (Å²) in [7, 11) is 0. The quantitative estimate of drug-likeness (QED) is 0.371. The molecule has 0 saturated carbocycles. The summed E-state index contributed by atoms with van der Waals surface area (Å²) in [4.78, 5) is 24.9. The number of amides is 2. The second-order valence-corrected chi connectivity index (χ2v) is 8.16.